The highest BCUT2D eigenvalue weighted by Crippen LogP contribution is 2.27. The fourth-order valence-electron chi connectivity index (χ4n) is 3.01. The number of thiazole rings is 1. The number of nitrogens with one attached hydrogen (secondary N) is 2. The lowest BCUT2D eigenvalue weighted by atomic mass is 10.1. The van der Waals surface area contributed by atoms with Crippen LogP contribution in [-0.2, 0) is 13.0 Å². The molecule has 0 aliphatic rings. The van der Waals surface area contributed by atoms with Crippen molar-refractivity contribution < 1.29 is 0 Å². The fraction of sp³-hybridized carbons (Fsp3) is 0.125. The first-order chi connectivity index (χ1) is 13.9. The first-order valence-electron chi connectivity index (χ1n) is 9.48. The van der Waals surface area contributed by atoms with Crippen LogP contribution in [0.4, 0.5) is 10.8 Å². The Hall–Kier alpha value is -2.95. The van der Waals surface area contributed by atoms with Crippen LogP contribution in [0.1, 0.15) is 11.1 Å². The zero-order valence-corrected chi connectivity index (χ0v) is 16.5. The van der Waals surface area contributed by atoms with Gasteiger partial charge in [0.15, 0.2) is 5.13 Å². The molecule has 3 aromatic carbocycles. The minimum atomic E-state index is 0.911. The number of anilines is 2. The van der Waals surface area contributed by atoms with Crippen LogP contribution >= 0.6 is 11.3 Å². The minimum Gasteiger partial charge on any atom is -0.332 e. The van der Waals surface area contributed by atoms with Crippen LogP contribution in [-0.4, -0.2) is 11.5 Å². The molecule has 28 heavy (non-hydrogen) atoms. The lowest BCUT2D eigenvalue weighted by molar-refractivity contribution is 0.687. The first kappa shape index (κ1) is 18.4. The molecule has 140 valence electrons. The smallest absolute Gasteiger partial charge is 0.187 e. The van der Waals surface area contributed by atoms with Gasteiger partial charge in [-0.25, -0.2) is 4.98 Å². The average molecular weight is 386 g/mol. The van der Waals surface area contributed by atoms with Crippen LogP contribution in [0.15, 0.2) is 90.3 Å². The predicted molar refractivity (Wildman–Crippen MR) is 119 cm³/mol. The molecule has 0 amide bonds. The monoisotopic (exact) mass is 385 g/mol. The molecule has 4 heteroatoms. The summed E-state index contributed by atoms with van der Waals surface area (Å²) >= 11 is 1.63. The van der Waals surface area contributed by atoms with Gasteiger partial charge in [0, 0.05) is 23.2 Å². The molecule has 0 saturated carbocycles. The molecule has 4 rings (SSSR count). The van der Waals surface area contributed by atoms with Crippen LogP contribution in [0.25, 0.3) is 11.3 Å². The van der Waals surface area contributed by atoms with E-state index in [1.54, 1.807) is 11.3 Å². The molecule has 1 heterocycles. The van der Waals surface area contributed by atoms with Crippen LogP contribution in [0.5, 0.6) is 0 Å². The molecular formula is C24H23N3S. The zero-order valence-electron chi connectivity index (χ0n) is 15.6. The maximum atomic E-state index is 4.69. The lowest BCUT2D eigenvalue weighted by Gasteiger charge is -2.07. The molecule has 0 bridgehead atoms. The summed E-state index contributed by atoms with van der Waals surface area (Å²) in [6, 6.07) is 29.4. The van der Waals surface area contributed by atoms with Gasteiger partial charge in [-0.2, -0.15) is 0 Å². The Kier molecular flexibility index (Phi) is 6.12. The van der Waals surface area contributed by atoms with E-state index in [0.29, 0.717) is 0 Å². The Balaban J connectivity index is 1.27. The van der Waals surface area contributed by atoms with E-state index < -0.39 is 0 Å². The number of hydrogen-bond donors (Lipinski definition) is 2. The molecular weight excluding hydrogens is 362 g/mol. The van der Waals surface area contributed by atoms with E-state index >= 15 is 0 Å². The molecule has 0 unspecified atom stereocenters. The van der Waals surface area contributed by atoms with Crippen molar-refractivity contribution in [2.24, 2.45) is 0 Å². The van der Waals surface area contributed by atoms with Gasteiger partial charge in [0.2, 0.25) is 0 Å². The van der Waals surface area contributed by atoms with Crippen molar-refractivity contribution in [2.45, 2.75) is 13.0 Å². The zero-order chi connectivity index (χ0) is 19.0. The van der Waals surface area contributed by atoms with Gasteiger partial charge in [-0.1, -0.05) is 72.8 Å². The van der Waals surface area contributed by atoms with E-state index in [0.717, 1.165) is 41.6 Å². The van der Waals surface area contributed by atoms with Gasteiger partial charge in [-0.15, -0.1) is 11.3 Å². The molecule has 2 N–H and O–H groups in total. The van der Waals surface area contributed by atoms with Crippen LogP contribution in [0.3, 0.4) is 0 Å². The van der Waals surface area contributed by atoms with E-state index in [1.807, 2.05) is 24.3 Å². The number of nitrogens with zero attached hydrogens (tertiary/aromatic N) is 1. The molecule has 0 aliphatic heterocycles. The Bertz CT molecular complexity index is 979. The third kappa shape index (κ3) is 5.06. The van der Waals surface area contributed by atoms with Crippen molar-refractivity contribution in [3.8, 4) is 11.3 Å². The summed E-state index contributed by atoms with van der Waals surface area (Å²) in [5.41, 5.74) is 5.87. The summed E-state index contributed by atoms with van der Waals surface area (Å²) in [7, 11) is 0. The molecule has 0 radical (unpaired) electrons. The largest absolute Gasteiger partial charge is 0.332 e. The highest BCUT2D eigenvalue weighted by atomic mass is 32.1. The van der Waals surface area contributed by atoms with Crippen molar-refractivity contribution in [3.05, 3.63) is 101 Å². The maximum Gasteiger partial charge on any atom is 0.187 e. The fourth-order valence-corrected chi connectivity index (χ4v) is 3.75. The van der Waals surface area contributed by atoms with E-state index in [1.165, 1.54) is 11.1 Å². The van der Waals surface area contributed by atoms with Gasteiger partial charge >= 0.3 is 0 Å². The third-order valence-corrected chi connectivity index (χ3v) is 5.30. The van der Waals surface area contributed by atoms with Crippen LogP contribution in [0, 0.1) is 0 Å². The Morgan fingerprint density at radius 1 is 0.750 bits per heavy atom. The normalized spacial score (nSPS) is 10.7. The van der Waals surface area contributed by atoms with Crippen LogP contribution < -0.4 is 10.6 Å². The SMILES string of the molecule is c1ccc(CNCCc2ccc(Nc3nc(-c4ccccc4)cs3)cc2)cc1. The topological polar surface area (TPSA) is 37.0 Å². The van der Waals surface area contributed by atoms with Crippen molar-refractivity contribution in [1.82, 2.24) is 10.3 Å². The second kappa shape index (κ2) is 9.31. The maximum absolute atomic E-state index is 4.69. The van der Waals surface area contributed by atoms with E-state index in [4.69, 9.17) is 0 Å². The van der Waals surface area contributed by atoms with E-state index in [2.05, 4.69) is 81.7 Å². The molecule has 1 aromatic heterocycles. The summed E-state index contributed by atoms with van der Waals surface area (Å²) < 4.78 is 0. The second-order valence-electron chi connectivity index (χ2n) is 6.64. The molecule has 0 saturated heterocycles. The van der Waals surface area contributed by atoms with E-state index in [-0.39, 0.29) is 0 Å². The number of benzene rings is 3. The lowest BCUT2D eigenvalue weighted by Crippen LogP contribution is -2.16. The number of rotatable bonds is 8. The molecule has 0 atom stereocenters. The molecule has 4 aromatic rings. The third-order valence-electron chi connectivity index (χ3n) is 4.54. The van der Waals surface area contributed by atoms with Crippen molar-refractivity contribution >= 4 is 22.2 Å². The van der Waals surface area contributed by atoms with Gasteiger partial charge in [-0.05, 0) is 36.2 Å². The average Bonchev–Trinajstić information content (AvgIpc) is 3.22. The molecule has 0 aliphatic carbocycles. The summed E-state index contributed by atoms with van der Waals surface area (Å²) in [5.74, 6) is 0. The Morgan fingerprint density at radius 3 is 2.21 bits per heavy atom. The Labute approximate surface area is 170 Å². The Morgan fingerprint density at radius 2 is 1.46 bits per heavy atom. The van der Waals surface area contributed by atoms with Crippen molar-refractivity contribution in [1.29, 1.82) is 0 Å². The van der Waals surface area contributed by atoms with Gasteiger partial charge in [0.05, 0.1) is 5.69 Å². The summed E-state index contributed by atoms with van der Waals surface area (Å²) in [6.07, 6.45) is 1.02. The summed E-state index contributed by atoms with van der Waals surface area (Å²) in [4.78, 5) is 4.69. The highest BCUT2D eigenvalue weighted by molar-refractivity contribution is 7.14. The van der Waals surface area contributed by atoms with Gasteiger partial charge in [-0.3, -0.25) is 0 Å². The van der Waals surface area contributed by atoms with Gasteiger partial charge < -0.3 is 10.6 Å². The number of aromatic nitrogens is 1. The van der Waals surface area contributed by atoms with Crippen LogP contribution in [0.2, 0.25) is 0 Å². The minimum absolute atomic E-state index is 0.911. The van der Waals surface area contributed by atoms with Crippen molar-refractivity contribution in [3.63, 3.8) is 0 Å². The second-order valence-corrected chi connectivity index (χ2v) is 7.50. The standard InChI is InChI=1S/C24H23N3S/c1-3-7-20(8-4-1)17-25-16-15-19-11-13-22(14-12-19)26-24-27-23(18-28-24)21-9-5-2-6-10-21/h1-14,18,25H,15-17H2,(H,26,27). The molecule has 3 nitrogen and oxygen atoms in total. The quantitative estimate of drug-likeness (QED) is 0.372. The van der Waals surface area contributed by atoms with E-state index in [9.17, 15) is 0 Å². The summed E-state index contributed by atoms with van der Waals surface area (Å²) in [6.45, 7) is 1.88. The summed E-state index contributed by atoms with van der Waals surface area (Å²) in [5, 5.41) is 9.90. The molecule has 0 fully saturated rings. The molecule has 0 spiro atoms. The van der Waals surface area contributed by atoms with Crippen molar-refractivity contribution in [2.75, 3.05) is 11.9 Å². The van der Waals surface area contributed by atoms with Gasteiger partial charge in [0.1, 0.15) is 0 Å². The first-order valence-corrected chi connectivity index (χ1v) is 10.4. The van der Waals surface area contributed by atoms with Gasteiger partial charge in [0.25, 0.3) is 0 Å². The highest BCUT2D eigenvalue weighted by Gasteiger charge is 2.04. The number of hydrogen-bond acceptors (Lipinski definition) is 4. The predicted octanol–water partition coefficient (Wildman–Crippen LogP) is 5.89.